The van der Waals surface area contributed by atoms with Gasteiger partial charge < -0.3 is 24.8 Å². The Balaban J connectivity index is 1.34. The summed E-state index contributed by atoms with van der Waals surface area (Å²) >= 11 is 0. The molecule has 4 N–H and O–H groups in total. The van der Waals surface area contributed by atoms with Gasteiger partial charge in [-0.15, -0.1) is 0 Å². The van der Waals surface area contributed by atoms with Gasteiger partial charge in [0.15, 0.2) is 5.88 Å². The maximum atomic E-state index is 12.6. The number of aliphatic imine (C=N–C) groups is 1. The number of amides is 1. The third kappa shape index (κ3) is 6.63. The van der Waals surface area contributed by atoms with Gasteiger partial charge in [0.2, 0.25) is 0 Å². The second kappa shape index (κ2) is 12.8. The first kappa shape index (κ1) is 28.0. The van der Waals surface area contributed by atoms with Crippen LogP contribution in [-0.2, 0) is 9.57 Å². The number of H-pyrrole nitrogens is 1. The minimum atomic E-state index is -0.475. The molecule has 0 saturated carbocycles. The fourth-order valence-corrected chi connectivity index (χ4v) is 4.84. The third-order valence-corrected chi connectivity index (χ3v) is 7.09. The molecule has 3 aromatic carbocycles. The van der Waals surface area contributed by atoms with Gasteiger partial charge in [0, 0.05) is 41.7 Å². The first-order chi connectivity index (χ1) is 19.9. The molecule has 2 heterocycles. The van der Waals surface area contributed by atoms with Crippen LogP contribution < -0.4 is 5.48 Å². The summed E-state index contributed by atoms with van der Waals surface area (Å²) in [5, 5.41) is 21.2. The predicted molar refractivity (Wildman–Crippen MR) is 155 cm³/mol. The van der Waals surface area contributed by atoms with E-state index in [1.807, 2.05) is 30.3 Å². The topological polar surface area (TPSA) is 136 Å². The summed E-state index contributed by atoms with van der Waals surface area (Å²) in [6.07, 6.45) is 1.28. The molecule has 1 aliphatic heterocycles. The lowest BCUT2D eigenvalue weighted by atomic mass is 10.00. The average Bonchev–Trinajstić information content (AvgIpc) is 3.33. The number of carbonyl (C=O) groups is 2. The van der Waals surface area contributed by atoms with Crippen molar-refractivity contribution in [2.24, 2.45) is 4.99 Å². The number of aliphatic hydroxyl groups is 1. The van der Waals surface area contributed by atoms with E-state index in [0.29, 0.717) is 52.1 Å². The second-order valence-electron chi connectivity index (χ2n) is 9.83. The molecule has 5 rings (SSSR count). The van der Waals surface area contributed by atoms with Gasteiger partial charge in [0.25, 0.3) is 5.91 Å². The molecule has 1 amide bonds. The van der Waals surface area contributed by atoms with E-state index < -0.39 is 5.97 Å². The number of likely N-dealkylation sites (tertiary alicyclic amines) is 1. The summed E-state index contributed by atoms with van der Waals surface area (Å²) in [6.45, 7) is 2.65. The largest absolute Gasteiger partial charge is 0.494 e. The van der Waals surface area contributed by atoms with Gasteiger partial charge in [-0.1, -0.05) is 36.4 Å². The number of methoxy groups -OCH3 is 1. The Morgan fingerprint density at radius 3 is 2.41 bits per heavy atom. The van der Waals surface area contributed by atoms with Crippen LogP contribution in [0.1, 0.15) is 44.7 Å². The van der Waals surface area contributed by atoms with E-state index in [9.17, 15) is 19.8 Å². The molecule has 0 atom stereocenters. The molecule has 4 aromatic rings. The highest BCUT2D eigenvalue weighted by Gasteiger charge is 2.20. The van der Waals surface area contributed by atoms with Crippen molar-refractivity contribution in [3.63, 3.8) is 0 Å². The van der Waals surface area contributed by atoms with E-state index in [-0.39, 0.29) is 17.9 Å². The van der Waals surface area contributed by atoms with Crippen LogP contribution in [0.2, 0.25) is 0 Å². The quantitative estimate of drug-likeness (QED) is 0.106. The SMILES string of the molecule is COC(=O)c1ccc2c(C(=Nc3ccc(C(=O)NOCCN4CCC(O)CC4)cc3)c3ccccc3)c(O)[nH]c2c1. The molecule has 212 valence electrons. The average molecular weight is 557 g/mol. The van der Waals surface area contributed by atoms with Crippen LogP contribution in [0.4, 0.5) is 5.69 Å². The zero-order valence-electron chi connectivity index (χ0n) is 22.7. The fourth-order valence-electron chi connectivity index (χ4n) is 4.84. The number of aliphatic hydroxyl groups excluding tert-OH is 1. The van der Waals surface area contributed by atoms with E-state index >= 15 is 0 Å². The van der Waals surface area contributed by atoms with Crippen molar-refractivity contribution in [1.82, 2.24) is 15.4 Å². The smallest absolute Gasteiger partial charge is 0.337 e. The molecule has 0 aliphatic carbocycles. The lowest BCUT2D eigenvalue weighted by molar-refractivity contribution is 0.0132. The van der Waals surface area contributed by atoms with Crippen molar-refractivity contribution >= 4 is 34.2 Å². The number of rotatable bonds is 9. The minimum absolute atomic E-state index is 0.0847. The number of aromatic nitrogens is 1. The first-order valence-electron chi connectivity index (χ1n) is 13.4. The van der Waals surface area contributed by atoms with Crippen molar-refractivity contribution in [3.05, 3.63) is 95.1 Å². The highest BCUT2D eigenvalue weighted by atomic mass is 16.7. The van der Waals surface area contributed by atoms with Gasteiger partial charge in [-0.2, -0.15) is 0 Å². The van der Waals surface area contributed by atoms with Crippen LogP contribution in [0.15, 0.2) is 77.8 Å². The number of nitrogens with one attached hydrogen (secondary N) is 2. The number of benzene rings is 3. The van der Waals surface area contributed by atoms with Gasteiger partial charge in [-0.3, -0.25) is 9.63 Å². The number of hydroxylamine groups is 1. The number of hydrogen-bond donors (Lipinski definition) is 4. The van der Waals surface area contributed by atoms with E-state index in [1.165, 1.54) is 7.11 Å². The molecule has 0 spiro atoms. The van der Waals surface area contributed by atoms with E-state index in [2.05, 4.69) is 15.4 Å². The van der Waals surface area contributed by atoms with Crippen LogP contribution in [0.25, 0.3) is 10.9 Å². The summed E-state index contributed by atoms with van der Waals surface area (Å²) in [7, 11) is 1.32. The Kier molecular flexibility index (Phi) is 8.73. The molecule has 1 saturated heterocycles. The minimum Gasteiger partial charge on any atom is -0.494 e. The maximum Gasteiger partial charge on any atom is 0.337 e. The van der Waals surface area contributed by atoms with Crippen molar-refractivity contribution in [1.29, 1.82) is 0 Å². The molecule has 41 heavy (non-hydrogen) atoms. The molecule has 0 radical (unpaired) electrons. The monoisotopic (exact) mass is 556 g/mol. The summed E-state index contributed by atoms with van der Waals surface area (Å²) < 4.78 is 4.82. The number of esters is 1. The highest BCUT2D eigenvalue weighted by Crippen LogP contribution is 2.32. The normalized spacial score (nSPS) is 14.7. The Bertz CT molecular complexity index is 1540. The van der Waals surface area contributed by atoms with E-state index in [4.69, 9.17) is 14.6 Å². The van der Waals surface area contributed by atoms with Crippen LogP contribution in [-0.4, -0.2) is 77.1 Å². The maximum absolute atomic E-state index is 12.6. The number of ether oxygens (including phenoxy) is 1. The molecule has 0 unspecified atom stereocenters. The molecular formula is C31H32N4O6. The van der Waals surface area contributed by atoms with Crippen molar-refractivity contribution in [2.75, 3.05) is 33.4 Å². The zero-order valence-corrected chi connectivity index (χ0v) is 22.7. The highest BCUT2D eigenvalue weighted by molar-refractivity contribution is 6.22. The number of piperidine rings is 1. The van der Waals surface area contributed by atoms with Gasteiger partial charge >= 0.3 is 5.97 Å². The summed E-state index contributed by atoms with van der Waals surface area (Å²) in [4.78, 5) is 39.9. The van der Waals surface area contributed by atoms with Gasteiger partial charge in [0.1, 0.15) is 0 Å². The lowest BCUT2D eigenvalue weighted by Gasteiger charge is -2.29. The van der Waals surface area contributed by atoms with E-state index in [1.54, 1.807) is 42.5 Å². The number of aromatic hydroxyl groups is 1. The van der Waals surface area contributed by atoms with Gasteiger partial charge in [0.05, 0.1) is 42.3 Å². The Morgan fingerprint density at radius 2 is 1.71 bits per heavy atom. The van der Waals surface area contributed by atoms with Crippen molar-refractivity contribution in [2.45, 2.75) is 18.9 Å². The predicted octanol–water partition coefficient (Wildman–Crippen LogP) is 3.95. The lowest BCUT2D eigenvalue weighted by Crippen LogP contribution is -2.38. The number of fused-ring (bicyclic) bond motifs is 1. The fraction of sp³-hybridized carbons (Fsp3) is 0.258. The van der Waals surface area contributed by atoms with Crippen molar-refractivity contribution < 1.29 is 29.4 Å². The Labute approximate surface area is 237 Å². The summed E-state index contributed by atoms with van der Waals surface area (Å²) in [6, 6.07) is 21.2. The van der Waals surface area contributed by atoms with Crippen LogP contribution >= 0.6 is 0 Å². The Hall–Kier alpha value is -4.51. The molecule has 10 heteroatoms. The van der Waals surface area contributed by atoms with Gasteiger partial charge in [-0.25, -0.2) is 15.3 Å². The molecule has 10 nitrogen and oxygen atoms in total. The zero-order chi connectivity index (χ0) is 28.8. The van der Waals surface area contributed by atoms with Crippen LogP contribution in [0.3, 0.4) is 0 Å². The van der Waals surface area contributed by atoms with Crippen molar-refractivity contribution in [3.8, 4) is 5.88 Å². The third-order valence-electron chi connectivity index (χ3n) is 7.09. The summed E-state index contributed by atoms with van der Waals surface area (Å²) in [5.74, 6) is -0.927. The molecular weight excluding hydrogens is 524 g/mol. The molecule has 1 fully saturated rings. The molecule has 1 aromatic heterocycles. The first-order valence-corrected chi connectivity index (χ1v) is 13.4. The number of hydrogen-bond acceptors (Lipinski definition) is 8. The van der Waals surface area contributed by atoms with Crippen LogP contribution in [0.5, 0.6) is 5.88 Å². The molecule has 1 aliphatic rings. The number of carbonyl (C=O) groups excluding carboxylic acids is 2. The number of nitrogens with zero attached hydrogens (tertiary/aromatic N) is 2. The van der Waals surface area contributed by atoms with Crippen LogP contribution in [0, 0.1) is 0 Å². The van der Waals surface area contributed by atoms with E-state index in [0.717, 1.165) is 31.5 Å². The standard InChI is InChI=1S/C31H32N4O6/c1-40-31(39)22-9-12-25-26(19-22)33-30(38)27(25)28(20-5-3-2-4-6-20)32-23-10-7-21(8-11-23)29(37)34-41-18-17-35-15-13-24(36)14-16-35/h2-12,19,24,33,36,38H,13-18H2,1H3,(H,34,37). The molecule has 0 bridgehead atoms. The Morgan fingerprint density at radius 1 is 1.00 bits per heavy atom. The van der Waals surface area contributed by atoms with Gasteiger partial charge in [-0.05, 0) is 49.2 Å². The summed E-state index contributed by atoms with van der Waals surface area (Å²) in [5.41, 5.74) is 6.17. The second-order valence-corrected chi connectivity index (χ2v) is 9.83. The number of aromatic amines is 1.